The first-order valence-corrected chi connectivity index (χ1v) is 19.7. The van der Waals surface area contributed by atoms with Gasteiger partial charge in [0.15, 0.2) is 0 Å². The molecule has 5 amide bonds. The maximum atomic E-state index is 13.1. The molecular formula is C33H54N4O9S. The van der Waals surface area contributed by atoms with Crippen molar-refractivity contribution < 1.29 is 43.0 Å². The smallest absolute Gasteiger partial charge is 0.305 e. The van der Waals surface area contributed by atoms with Crippen LogP contribution in [0.4, 0.5) is 0 Å². The molecule has 3 N–H and O–H groups in total. The molecule has 266 valence electrons. The lowest BCUT2D eigenvalue weighted by Crippen LogP contribution is -2.47. The number of ether oxygens (including phenoxy) is 3. The van der Waals surface area contributed by atoms with Gasteiger partial charge in [-0.1, -0.05) is 19.1 Å². The third kappa shape index (κ3) is 12.2. The molecule has 0 aromatic heterocycles. The Bertz CT molecular complexity index is 1130. The molecule has 13 nitrogen and oxygen atoms in total. The van der Waals surface area contributed by atoms with Gasteiger partial charge in [0.2, 0.25) is 29.5 Å². The average Bonchev–Trinajstić information content (AvgIpc) is 3.68. The van der Waals surface area contributed by atoms with E-state index in [9.17, 15) is 28.8 Å². The normalized spacial score (nSPS) is 23.0. The Labute approximate surface area is 279 Å². The molecule has 3 heterocycles. The third-order valence-corrected chi connectivity index (χ3v) is 9.87. The van der Waals surface area contributed by atoms with Crippen LogP contribution >= 0.6 is 10.0 Å². The zero-order valence-corrected chi connectivity index (χ0v) is 29.4. The summed E-state index contributed by atoms with van der Waals surface area (Å²) in [6.07, 6.45) is 12.2. The van der Waals surface area contributed by atoms with E-state index >= 15 is 0 Å². The Kier molecular flexibility index (Phi) is 15.2. The fraction of sp³-hybridized carbons (Fsp3) is 0.758. The molecule has 14 heteroatoms. The molecule has 6 atom stereocenters. The van der Waals surface area contributed by atoms with Crippen LogP contribution in [0.25, 0.3) is 0 Å². The molecule has 2 bridgehead atoms. The number of likely N-dealkylation sites (tertiary alicyclic amines) is 1. The molecular weight excluding hydrogens is 628 g/mol. The van der Waals surface area contributed by atoms with Gasteiger partial charge in [-0.2, -0.15) is 0 Å². The number of amides is 5. The molecule has 0 spiro atoms. The van der Waals surface area contributed by atoms with E-state index in [1.807, 2.05) is 19.1 Å². The molecule has 47 heavy (non-hydrogen) atoms. The Morgan fingerprint density at radius 3 is 2.21 bits per heavy atom. The second kappa shape index (κ2) is 18.5. The van der Waals surface area contributed by atoms with E-state index in [2.05, 4.69) is 34.7 Å². The van der Waals surface area contributed by atoms with Crippen molar-refractivity contribution in [3.63, 3.8) is 0 Å². The Morgan fingerprint density at radius 1 is 0.915 bits per heavy atom. The lowest BCUT2D eigenvalue weighted by atomic mass is 9.85. The van der Waals surface area contributed by atoms with Crippen LogP contribution in [0.1, 0.15) is 58.3 Å². The van der Waals surface area contributed by atoms with Gasteiger partial charge < -0.3 is 30.2 Å². The molecule has 0 aromatic rings. The quantitative estimate of drug-likeness (QED) is 0.0659. The number of methoxy groups -OCH3 is 1. The van der Waals surface area contributed by atoms with Gasteiger partial charge >= 0.3 is 5.97 Å². The monoisotopic (exact) mass is 682 g/mol. The summed E-state index contributed by atoms with van der Waals surface area (Å²) in [4.78, 5) is 77.1. The fourth-order valence-electron chi connectivity index (χ4n) is 6.00. The van der Waals surface area contributed by atoms with Gasteiger partial charge in [0.05, 0.1) is 30.7 Å². The van der Waals surface area contributed by atoms with E-state index in [1.54, 1.807) is 7.11 Å². The maximum absolute atomic E-state index is 13.1. The first-order chi connectivity index (χ1) is 22.3. The standard InChI is InChI=1S/C33H54N4O9S/c1-22(21-44-2)20-27(39)34-15-7-6-10-23(31(41)35-16-8-12-28(40)45-18-19-47(3,4)5)36-26(38)11-9-17-37-32(42)29-24-13-14-25(46-24)30(29)33(37)43/h13-14,22-25,29-30H,6-12,15-21H2,1-5H3,(H,34,39)(H,35,41)(H,36,38)/t22?,23-,24?,25?,29?,30?/m0/s1. The molecule has 0 radical (unpaired) electrons. The number of esters is 1. The zero-order chi connectivity index (χ0) is 34.6. The van der Waals surface area contributed by atoms with Gasteiger partial charge in [-0.25, -0.2) is 10.0 Å². The van der Waals surface area contributed by atoms with Crippen molar-refractivity contribution >= 4 is 45.5 Å². The molecule has 0 aromatic carbocycles. The molecule has 2 fully saturated rings. The summed E-state index contributed by atoms with van der Waals surface area (Å²) in [7, 11) is 0.845. The first kappa shape index (κ1) is 38.5. The molecule has 3 rings (SSSR count). The van der Waals surface area contributed by atoms with E-state index < -0.39 is 27.9 Å². The number of nitrogens with one attached hydrogen (secondary N) is 3. The lowest BCUT2D eigenvalue weighted by Gasteiger charge is -2.24. The van der Waals surface area contributed by atoms with Gasteiger partial charge in [0, 0.05) is 58.4 Å². The van der Waals surface area contributed by atoms with Crippen LogP contribution in [-0.2, 0) is 43.0 Å². The highest BCUT2D eigenvalue weighted by molar-refractivity contribution is 8.32. The molecule has 0 aliphatic carbocycles. The van der Waals surface area contributed by atoms with Crippen molar-refractivity contribution in [3.8, 4) is 0 Å². The van der Waals surface area contributed by atoms with Crippen molar-refractivity contribution in [2.75, 3.05) is 64.5 Å². The summed E-state index contributed by atoms with van der Waals surface area (Å²) >= 11 is 0. The van der Waals surface area contributed by atoms with Crippen molar-refractivity contribution in [2.45, 2.75) is 76.5 Å². The third-order valence-electron chi connectivity index (χ3n) is 8.48. The second-order valence-corrected chi connectivity index (χ2v) is 18.2. The summed E-state index contributed by atoms with van der Waals surface area (Å²) in [6.45, 7) is 3.66. The summed E-state index contributed by atoms with van der Waals surface area (Å²) in [5.41, 5.74) is 0. The van der Waals surface area contributed by atoms with Crippen LogP contribution in [0, 0.1) is 17.8 Å². The van der Waals surface area contributed by atoms with Crippen molar-refractivity contribution in [1.29, 1.82) is 0 Å². The Hall–Kier alpha value is -2.97. The molecule has 0 saturated carbocycles. The van der Waals surface area contributed by atoms with Crippen molar-refractivity contribution in [3.05, 3.63) is 12.2 Å². The van der Waals surface area contributed by atoms with E-state index in [4.69, 9.17) is 14.2 Å². The van der Waals surface area contributed by atoms with Crippen LogP contribution in [0.5, 0.6) is 0 Å². The van der Waals surface area contributed by atoms with Gasteiger partial charge in [0.25, 0.3) is 0 Å². The summed E-state index contributed by atoms with van der Waals surface area (Å²) < 4.78 is 16.0. The first-order valence-electron chi connectivity index (χ1n) is 16.6. The minimum absolute atomic E-state index is 0.0373. The van der Waals surface area contributed by atoms with Gasteiger partial charge in [-0.05, 0) is 56.8 Å². The number of hydrogen-bond donors (Lipinski definition) is 3. The highest BCUT2D eigenvalue weighted by Gasteiger charge is 2.60. The van der Waals surface area contributed by atoms with Gasteiger partial charge in [-0.15, -0.1) is 0 Å². The number of unbranched alkanes of at least 4 members (excludes halogenated alkanes) is 1. The van der Waals surface area contributed by atoms with Crippen LogP contribution in [0.3, 0.4) is 0 Å². The van der Waals surface area contributed by atoms with Crippen LogP contribution in [0.15, 0.2) is 12.2 Å². The van der Waals surface area contributed by atoms with Gasteiger partial charge in [-0.3, -0.25) is 33.7 Å². The van der Waals surface area contributed by atoms with Crippen molar-refractivity contribution in [2.24, 2.45) is 17.8 Å². The van der Waals surface area contributed by atoms with Crippen LogP contribution in [0.2, 0.25) is 0 Å². The van der Waals surface area contributed by atoms with Gasteiger partial charge in [0.1, 0.15) is 6.04 Å². The second-order valence-electron chi connectivity index (χ2n) is 13.6. The van der Waals surface area contributed by atoms with E-state index in [0.29, 0.717) is 51.9 Å². The predicted octanol–water partition coefficient (Wildman–Crippen LogP) is 1.28. The topological polar surface area (TPSA) is 169 Å². The predicted molar refractivity (Wildman–Crippen MR) is 179 cm³/mol. The minimum Gasteiger partial charge on any atom is -0.465 e. The summed E-state index contributed by atoms with van der Waals surface area (Å²) in [5, 5.41) is 8.49. The highest BCUT2D eigenvalue weighted by Crippen LogP contribution is 2.45. The maximum Gasteiger partial charge on any atom is 0.305 e. The zero-order valence-electron chi connectivity index (χ0n) is 28.5. The van der Waals surface area contributed by atoms with Crippen LogP contribution < -0.4 is 16.0 Å². The number of rotatable bonds is 22. The number of imide groups is 1. The largest absolute Gasteiger partial charge is 0.465 e. The van der Waals surface area contributed by atoms with Crippen LogP contribution in [-0.4, -0.2) is 123 Å². The molecule has 5 unspecified atom stereocenters. The number of carbonyl (C=O) groups excluding carboxylic acids is 6. The Balaban J connectivity index is 1.42. The number of nitrogens with zero attached hydrogens (tertiary/aromatic N) is 1. The number of carbonyl (C=O) groups is 6. The SMILES string of the molecule is COCC(C)CC(=O)NCCCC[C@H](NC(=O)CCCN1C(=O)C2C3C=CC(O3)C2C1=O)C(=O)NCCCC(=O)OCCS(C)(C)C. The summed E-state index contributed by atoms with van der Waals surface area (Å²) in [6, 6.07) is -0.810. The average molecular weight is 683 g/mol. The minimum atomic E-state index is -0.810. The molecule has 3 aliphatic heterocycles. The lowest BCUT2D eigenvalue weighted by molar-refractivity contribution is -0.144. The molecule has 2 saturated heterocycles. The van der Waals surface area contributed by atoms with E-state index in [1.165, 1.54) is 4.90 Å². The fourth-order valence-corrected chi connectivity index (χ4v) is 6.58. The Morgan fingerprint density at radius 2 is 1.57 bits per heavy atom. The number of hydrogen-bond acceptors (Lipinski definition) is 9. The summed E-state index contributed by atoms with van der Waals surface area (Å²) in [5.74, 6) is -1.62. The number of fused-ring (bicyclic) bond motifs is 5. The highest BCUT2D eigenvalue weighted by atomic mass is 32.3. The molecule has 3 aliphatic rings. The van der Waals surface area contributed by atoms with E-state index in [-0.39, 0.29) is 86.0 Å². The van der Waals surface area contributed by atoms with E-state index in [0.717, 1.165) is 5.75 Å². The van der Waals surface area contributed by atoms with Crippen molar-refractivity contribution in [1.82, 2.24) is 20.9 Å².